The lowest BCUT2D eigenvalue weighted by atomic mass is 9.74. The van der Waals surface area contributed by atoms with Crippen molar-refractivity contribution in [3.05, 3.63) is 23.3 Å². The molecule has 1 atom stereocenters. The SMILES string of the molecule is COc1cc2c(cc1OC)C1N(CC2)C(=O)OC12CCCCC2. The van der Waals surface area contributed by atoms with Crippen LogP contribution in [0.2, 0.25) is 0 Å². The second kappa shape index (κ2) is 5.32. The maximum atomic E-state index is 12.4. The molecule has 124 valence electrons. The van der Waals surface area contributed by atoms with Gasteiger partial charge in [0.1, 0.15) is 11.6 Å². The first-order valence-electron chi connectivity index (χ1n) is 8.43. The number of hydrogen-bond acceptors (Lipinski definition) is 4. The summed E-state index contributed by atoms with van der Waals surface area (Å²) in [5, 5.41) is 0. The van der Waals surface area contributed by atoms with Crippen LogP contribution in [-0.4, -0.2) is 37.4 Å². The van der Waals surface area contributed by atoms with E-state index in [1.54, 1.807) is 14.2 Å². The Bertz CT molecular complexity index is 636. The number of carbonyl (C=O) groups is 1. The first kappa shape index (κ1) is 14.7. The van der Waals surface area contributed by atoms with E-state index in [0.29, 0.717) is 6.54 Å². The molecule has 3 aliphatic rings. The van der Waals surface area contributed by atoms with E-state index in [1.165, 1.54) is 17.5 Å². The van der Waals surface area contributed by atoms with Crippen molar-refractivity contribution in [2.75, 3.05) is 20.8 Å². The van der Waals surface area contributed by atoms with Crippen molar-refractivity contribution < 1.29 is 19.0 Å². The quantitative estimate of drug-likeness (QED) is 0.838. The van der Waals surface area contributed by atoms with Gasteiger partial charge < -0.3 is 14.2 Å². The van der Waals surface area contributed by atoms with Crippen LogP contribution in [0.25, 0.3) is 0 Å². The highest BCUT2D eigenvalue weighted by Crippen LogP contribution is 2.53. The van der Waals surface area contributed by atoms with E-state index in [0.717, 1.165) is 43.6 Å². The molecule has 4 rings (SSSR count). The molecule has 2 aliphatic heterocycles. The van der Waals surface area contributed by atoms with Gasteiger partial charge in [0.15, 0.2) is 11.5 Å². The summed E-state index contributed by atoms with van der Waals surface area (Å²) in [7, 11) is 3.31. The van der Waals surface area contributed by atoms with Crippen molar-refractivity contribution in [1.82, 2.24) is 4.90 Å². The molecule has 1 unspecified atom stereocenters. The first-order valence-corrected chi connectivity index (χ1v) is 8.43. The van der Waals surface area contributed by atoms with Gasteiger partial charge in [-0.1, -0.05) is 6.42 Å². The average molecular weight is 317 g/mol. The van der Waals surface area contributed by atoms with Crippen molar-refractivity contribution in [2.45, 2.75) is 50.2 Å². The number of ether oxygens (including phenoxy) is 3. The normalized spacial score (nSPS) is 24.9. The Labute approximate surface area is 136 Å². The Balaban J connectivity index is 1.83. The summed E-state index contributed by atoms with van der Waals surface area (Å²) in [4.78, 5) is 14.3. The Kier molecular flexibility index (Phi) is 3.39. The Morgan fingerprint density at radius 1 is 1.13 bits per heavy atom. The molecule has 1 saturated carbocycles. The van der Waals surface area contributed by atoms with Crippen molar-refractivity contribution in [3.63, 3.8) is 0 Å². The molecule has 1 aromatic carbocycles. The summed E-state index contributed by atoms with van der Waals surface area (Å²) in [5.41, 5.74) is 2.05. The van der Waals surface area contributed by atoms with Crippen LogP contribution >= 0.6 is 0 Å². The molecule has 2 heterocycles. The first-order chi connectivity index (χ1) is 11.2. The van der Waals surface area contributed by atoms with E-state index in [1.807, 2.05) is 11.0 Å². The van der Waals surface area contributed by atoms with Gasteiger partial charge in [-0.05, 0) is 55.4 Å². The van der Waals surface area contributed by atoms with E-state index >= 15 is 0 Å². The predicted molar refractivity (Wildman–Crippen MR) is 85.0 cm³/mol. The number of rotatable bonds is 2. The molecule has 0 aromatic heterocycles. The van der Waals surface area contributed by atoms with Gasteiger partial charge in [-0.25, -0.2) is 4.79 Å². The van der Waals surface area contributed by atoms with E-state index < -0.39 is 0 Å². The number of fused-ring (bicyclic) bond motifs is 4. The number of carbonyl (C=O) groups excluding carboxylic acids is 1. The zero-order valence-electron chi connectivity index (χ0n) is 13.8. The topological polar surface area (TPSA) is 48.0 Å². The third-order valence-corrected chi connectivity index (χ3v) is 5.60. The largest absolute Gasteiger partial charge is 0.493 e. The van der Waals surface area contributed by atoms with Gasteiger partial charge in [0.25, 0.3) is 0 Å². The fourth-order valence-electron chi connectivity index (χ4n) is 4.52. The summed E-state index contributed by atoms with van der Waals surface area (Å²) in [6.45, 7) is 0.716. The predicted octanol–water partition coefficient (Wildman–Crippen LogP) is 3.46. The third kappa shape index (κ3) is 2.09. The number of hydrogen-bond donors (Lipinski definition) is 0. The van der Waals surface area contributed by atoms with Crippen LogP contribution in [0.15, 0.2) is 12.1 Å². The number of nitrogens with zero attached hydrogens (tertiary/aromatic N) is 1. The zero-order chi connectivity index (χ0) is 16.0. The second-order valence-corrected chi connectivity index (χ2v) is 6.75. The number of methoxy groups -OCH3 is 2. The molecule has 1 saturated heterocycles. The Morgan fingerprint density at radius 2 is 1.83 bits per heavy atom. The lowest BCUT2D eigenvalue weighted by Gasteiger charge is -2.40. The molecule has 0 N–H and O–H groups in total. The highest BCUT2D eigenvalue weighted by molar-refractivity contribution is 5.73. The number of benzene rings is 1. The van der Waals surface area contributed by atoms with Gasteiger partial charge in [-0.15, -0.1) is 0 Å². The Hall–Kier alpha value is -1.91. The maximum absolute atomic E-state index is 12.4. The fourth-order valence-corrected chi connectivity index (χ4v) is 4.52. The fraction of sp³-hybridized carbons (Fsp3) is 0.611. The minimum atomic E-state index is -0.357. The van der Waals surface area contributed by atoms with Crippen LogP contribution in [0.4, 0.5) is 4.79 Å². The molecule has 1 amide bonds. The van der Waals surface area contributed by atoms with E-state index in [9.17, 15) is 4.79 Å². The molecule has 1 spiro atoms. The van der Waals surface area contributed by atoms with Crippen LogP contribution in [0.1, 0.15) is 49.3 Å². The lowest BCUT2D eigenvalue weighted by Crippen LogP contribution is -2.43. The minimum Gasteiger partial charge on any atom is -0.493 e. The third-order valence-electron chi connectivity index (χ3n) is 5.60. The van der Waals surface area contributed by atoms with Gasteiger partial charge in [-0.2, -0.15) is 0 Å². The molecule has 0 radical (unpaired) electrons. The van der Waals surface area contributed by atoms with Crippen molar-refractivity contribution in [3.8, 4) is 11.5 Å². The molecule has 5 heteroatoms. The lowest BCUT2D eigenvalue weighted by molar-refractivity contribution is -0.000274. The summed E-state index contributed by atoms with van der Waals surface area (Å²) >= 11 is 0. The van der Waals surface area contributed by atoms with Crippen molar-refractivity contribution in [1.29, 1.82) is 0 Å². The summed E-state index contributed by atoms with van der Waals surface area (Å²) in [5.74, 6) is 1.47. The average Bonchev–Trinajstić information content (AvgIpc) is 2.86. The van der Waals surface area contributed by atoms with Gasteiger partial charge in [0.05, 0.1) is 14.2 Å². The van der Waals surface area contributed by atoms with Crippen molar-refractivity contribution in [2.24, 2.45) is 0 Å². The maximum Gasteiger partial charge on any atom is 0.411 e. The van der Waals surface area contributed by atoms with Crippen LogP contribution in [0.5, 0.6) is 11.5 Å². The van der Waals surface area contributed by atoms with E-state index in [4.69, 9.17) is 14.2 Å². The van der Waals surface area contributed by atoms with Crippen molar-refractivity contribution >= 4 is 6.09 Å². The van der Waals surface area contributed by atoms with Crippen LogP contribution in [-0.2, 0) is 11.2 Å². The molecule has 2 fully saturated rings. The summed E-state index contributed by atoms with van der Waals surface area (Å²) in [6, 6.07) is 4.12. The van der Waals surface area contributed by atoms with Gasteiger partial charge in [-0.3, -0.25) is 4.90 Å². The highest BCUT2D eigenvalue weighted by atomic mass is 16.6. The van der Waals surface area contributed by atoms with Gasteiger partial charge in [0, 0.05) is 6.54 Å². The standard InChI is InChI=1S/C18H23NO4/c1-21-14-10-12-6-9-19-16(13(12)11-15(14)22-2)18(23-17(19)20)7-4-3-5-8-18/h10-11,16H,3-9H2,1-2H3. The van der Waals surface area contributed by atoms with Gasteiger partial charge >= 0.3 is 6.09 Å². The molecule has 1 aliphatic carbocycles. The molecule has 5 nitrogen and oxygen atoms in total. The Morgan fingerprint density at radius 3 is 2.52 bits per heavy atom. The summed E-state index contributed by atoms with van der Waals surface area (Å²) in [6.07, 6.45) is 6.06. The summed E-state index contributed by atoms with van der Waals surface area (Å²) < 4.78 is 16.9. The smallest absolute Gasteiger partial charge is 0.411 e. The molecular weight excluding hydrogens is 294 g/mol. The number of amides is 1. The van der Waals surface area contributed by atoms with E-state index in [-0.39, 0.29) is 17.7 Å². The van der Waals surface area contributed by atoms with Crippen LogP contribution in [0, 0.1) is 0 Å². The van der Waals surface area contributed by atoms with Crippen LogP contribution in [0.3, 0.4) is 0 Å². The van der Waals surface area contributed by atoms with Crippen LogP contribution < -0.4 is 9.47 Å². The van der Waals surface area contributed by atoms with E-state index in [2.05, 4.69) is 6.07 Å². The zero-order valence-corrected chi connectivity index (χ0v) is 13.8. The molecule has 23 heavy (non-hydrogen) atoms. The molecule has 1 aromatic rings. The van der Waals surface area contributed by atoms with Gasteiger partial charge in [0.2, 0.25) is 0 Å². The highest BCUT2D eigenvalue weighted by Gasteiger charge is 2.56. The second-order valence-electron chi connectivity index (χ2n) is 6.75. The minimum absolute atomic E-state index is 0.0128. The monoisotopic (exact) mass is 317 g/mol. The molecule has 0 bridgehead atoms. The molecular formula is C18H23NO4.